The zero-order valence-corrected chi connectivity index (χ0v) is 18.6. The largest absolute Gasteiger partial charge is 0.337 e. The second-order valence-corrected chi connectivity index (χ2v) is 9.67. The Morgan fingerprint density at radius 3 is 2.39 bits per heavy atom. The van der Waals surface area contributed by atoms with Crippen molar-refractivity contribution in [3.63, 3.8) is 0 Å². The first kappa shape index (κ1) is 21.7. The van der Waals surface area contributed by atoms with E-state index in [-0.39, 0.29) is 42.0 Å². The molecule has 4 rings (SSSR count). The van der Waals surface area contributed by atoms with Crippen molar-refractivity contribution in [2.24, 2.45) is 0 Å². The number of nitrogens with zero attached hydrogens (tertiary/aromatic N) is 4. The Balaban J connectivity index is 1.40. The molecule has 7 nitrogen and oxygen atoms in total. The highest BCUT2D eigenvalue weighted by Crippen LogP contribution is 2.27. The lowest BCUT2D eigenvalue weighted by atomic mass is 10.3. The maximum Gasteiger partial charge on any atom is 0.246 e. The number of carbonyl (C=O) groups is 1. The molecular formula is C21H18Cl2N4O3S. The zero-order chi connectivity index (χ0) is 22.0. The Bertz CT molecular complexity index is 1270. The highest BCUT2D eigenvalue weighted by atomic mass is 35.5. The standard InChI is InChI=1S/C21H18Cl2N4O3S/c22-17-7-6-16(13-18(17)23)31(29,30)27-11-9-26(10-12-27)21(28)8-5-15-14-24-19-3-1-2-4-20(19)25-15/h1-8,13-14H,9-12H2/b8-5+. The summed E-state index contributed by atoms with van der Waals surface area (Å²) in [5, 5.41) is 0.470. The molecule has 1 aromatic heterocycles. The van der Waals surface area contributed by atoms with E-state index < -0.39 is 10.0 Å². The smallest absolute Gasteiger partial charge is 0.246 e. The zero-order valence-electron chi connectivity index (χ0n) is 16.3. The molecule has 0 radical (unpaired) electrons. The van der Waals surface area contributed by atoms with Gasteiger partial charge in [-0.2, -0.15) is 4.31 Å². The minimum atomic E-state index is -3.71. The molecule has 0 spiro atoms. The summed E-state index contributed by atoms with van der Waals surface area (Å²) in [6.45, 7) is 0.954. The van der Waals surface area contributed by atoms with Crippen LogP contribution >= 0.6 is 23.2 Å². The van der Waals surface area contributed by atoms with E-state index in [2.05, 4.69) is 9.97 Å². The maximum absolute atomic E-state index is 12.8. The van der Waals surface area contributed by atoms with Crippen LogP contribution in [0.15, 0.2) is 59.6 Å². The van der Waals surface area contributed by atoms with Crippen LogP contribution < -0.4 is 0 Å². The third-order valence-electron chi connectivity index (χ3n) is 4.94. The molecule has 1 amide bonds. The van der Waals surface area contributed by atoms with Gasteiger partial charge in [0.05, 0.1) is 37.9 Å². The Labute approximate surface area is 190 Å². The van der Waals surface area contributed by atoms with Crippen LogP contribution in [-0.4, -0.2) is 59.7 Å². The van der Waals surface area contributed by atoms with Crippen molar-refractivity contribution in [2.75, 3.05) is 26.2 Å². The average molecular weight is 477 g/mol. The monoisotopic (exact) mass is 476 g/mol. The maximum atomic E-state index is 12.8. The van der Waals surface area contributed by atoms with Crippen molar-refractivity contribution < 1.29 is 13.2 Å². The topological polar surface area (TPSA) is 83.5 Å². The molecule has 3 aromatic rings. The number of para-hydroxylation sites is 2. The molecule has 0 N–H and O–H groups in total. The highest BCUT2D eigenvalue weighted by Gasteiger charge is 2.30. The van der Waals surface area contributed by atoms with E-state index in [4.69, 9.17) is 23.2 Å². The van der Waals surface area contributed by atoms with E-state index >= 15 is 0 Å². The molecule has 0 saturated carbocycles. The number of halogens is 2. The van der Waals surface area contributed by atoms with Crippen molar-refractivity contribution >= 4 is 56.2 Å². The van der Waals surface area contributed by atoms with E-state index in [1.807, 2.05) is 24.3 Å². The van der Waals surface area contributed by atoms with Crippen LogP contribution in [0.25, 0.3) is 17.1 Å². The summed E-state index contributed by atoms with van der Waals surface area (Å²) in [5.74, 6) is -0.207. The van der Waals surface area contributed by atoms with Gasteiger partial charge in [0.2, 0.25) is 15.9 Å². The van der Waals surface area contributed by atoms with Gasteiger partial charge in [0.1, 0.15) is 0 Å². The highest BCUT2D eigenvalue weighted by molar-refractivity contribution is 7.89. The molecule has 10 heteroatoms. The normalized spacial score (nSPS) is 15.6. The fraction of sp³-hybridized carbons (Fsp3) is 0.190. The van der Waals surface area contributed by atoms with E-state index in [1.165, 1.54) is 28.6 Å². The molecule has 0 atom stereocenters. The van der Waals surface area contributed by atoms with Crippen molar-refractivity contribution in [2.45, 2.75) is 4.90 Å². The van der Waals surface area contributed by atoms with Gasteiger partial charge in [0.25, 0.3) is 0 Å². The van der Waals surface area contributed by atoms with Crippen molar-refractivity contribution in [3.8, 4) is 0 Å². The first-order chi connectivity index (χ1) is 14.8. The lowest BCUT2D eigenvalue weighted by Crippen LogP contribution is -2.50. The van der Waals surface area contributed by atoms with Gasteiger partial charge >= 0.3 is 0 Å². The van der Waals surface area contributed by atoms with E-state index in [0.717, 1.165) is 11.0 Å². The summed E-state index contributed by atoms with van der Waals surface area (Å²) in [5.41, 5.74) is 2.11. The van der Waals surface area contributed by atoms with Gasteiger partial charge in [-0.15, -0.1) is 0 Å². The number of carbonyl (C=O) groups excluding carboxylic acids is 1. The third-order valence-corrected chi connectivity index (χ3v) is 7.58. The van der Waals surface area contributed by atoms with Crippen molar-refractivity contribution in [1.29, 1.82) is 0 Å². The van der Waals surface area contributed by atoms with Gasteiger partial charge in [0.15, 0.2) is 0 Å². The van der Waals surface area contributed by atoms with Crippen LogP contribution in [0.2, 0.25) is 10.0 Å². The molecule has 1 fully saturated rings. The molecule has 0 bridgehead atoms. The number of fused-ring (bicyclic) bond motifs is 1. The Morgan fingerprint density at radius 2 is 1.68 bits per heavy atom. The van der Waals surface area contributed by atoms with Crippen LogP contribution in [0.5, 0.6) is 0 Å². The quantitative estimate of drug-likeness (QED) is 0.538. The molecule has 1 aliphatic rings. The summed E-state index contributed by atoms with van der Waals surface area (Å²) < 4.78 is 27.0. The minimum absolute atomic E-state index is 0.0800. The van der Waals surface area contributed by atoms with Crippen molar-refractivity contribution in [1.82, 2.24) is 19.2 Å². The van der Waals surface area contributed by atoms with Crippen LogP contribution in [-0.2, 0) is 14.8 Å². The Morgan fingerprint density at radius 1 is 0.968 bits per heavy atom. The predicted octanol–water partition coefficient (Wildman–Crippen LogP) is 3.48. The molecule has 0 aliphatic carbocycles. The summed E-state index contributed by atoms with van der Waals surface area (Å²) in [4.78, 5) is 23.0. The van der Waals surface area contributed by atoms with Gasteiger partial charge in [-0.25, -0.2) is 13.4 Å². The second kappa shape index (κ2) is 8.92. The van der Waals surface area contributed by atoms with Crippen LogP contribution in [0.3, 0.4) is 0 Å². The fourth-order valence-electron chi connectivity index (χ4n) is 3.25. The van der Waals surface area contributed by atoms with Crippen LogP contribution in [0, 0.1) is 0 Å². The summed E-state index contributed by atoms with van der Waals surface area (Å²) in [7, 11) is -3.71. The van der Waals surface area contributed by atoms with Crippen molar-refractivity contribution in [3.05, 3.63) is 70.5 Å². The van der Waals surface area contributed by atoms with Gasteiger partial charge in [-0.3, -0.25) is 9.78 Å². The number of hydrogen-bond donors (Lipinski definition) is 0. The Kier molecular flexibility index (Phi) is 6.24. The molecule has 2 aromatic carbocycles. The third kappa shape index (κ3) is 4.72. The SMILES string of the molecule is O=C(/C=C/c1cnc2ccccc2n1)N1CCN(S(=O)(=O)c2ccc(Cl)c(Cl)c2)CC1. The number of hydrogen-bond acceptors (Lipinski definition) is 5. The molecule has 1 aliphatic heterocycles. The summed E-state index contributed by atoms with van der Waals surface area (Å²) in [6.07, 6.45) is 4.65. The molecule has 0 unspecified atom stereocenters. The van der Waals surface area contributed by atoms with E-state index in [9.17, 15) is 13.2 Å². The van der Waals surface area contributed by atoms with E-state index in [1.54, 1.807) is 17.2 Å². The lowest BCUT2D eigenvalue weighted by molar-refractivity contribution is -0.127. The number of rotatable bonds is 4. The molecule has 31 heavy (non-hydrogen) atoms. The first-order valence-corrected chi connectivity index (χ1v) is 11.7. The van der Waals surface area contributed by atoms with Gasteiger partial charge in [-0.1, -0.05) is 35.3 Å². The van der Waals surface area contributed by atoms with Crippen LogP contribution in [0.4, 0.5) is 0 Å². The molecule has 1 saturated heterocycles. The second-order valence-electron chi connectivity index (χ2n) is 6.92. The number of sulfonamides is 1. The van der Waals surface area contributed by atoms with Gasteiger partial charge in [0, 0.05) is 32.3 Å². The minimum Gasteiger partial charge on any atom is -0.337 e. The summed E-state index contributed by atoms with van der Waals surface area (Å²) >= 11 is 11.8. The van der Waals surface area contributed by atoms with Crippen LogP contribution in [0.1, 0.15) is 5.69 Å². The number of amides is 1. The first-order valence-electron chi connectivity index (χ1n) is 9.48. The molecule has 160 valence electrons. The number of benzene rings is 2. The van der Waals surface area contributed by atoms with Gasteiger partial charge < -0.3 is 4.90 Å². The lowest BCUT2D eigenvalue weighted by Gasteiger charge is -2.33. The Hall–Kier alpha value is -2.52. The predicted molar refractivity (Wildman–Crippen MR) is 120 cm³/mol. The number of piperazine rings is 1. The average Bonchev–Trinajstić information content (AvgIpc) is 2.79. The van der Waals surface area contributed by atoms with Gasteiger partial charge in [-0.05, 0) is 36.4 Å². The summed E-state index contributed by atoms with van der Waals surface area (Å²) in [6, 6.07) is 11.7. The van der Waals surface area contributed by atoms with E-state index in [0.29, 0.717) is 10.7 Å². The molecular weight excluding hydrogens is 459 g/mol. The number of aromatic nitrogens is 2. The fourth-order valence-corrected chi connectivity index (χ4v) is 5.06. The molecule has 2 heterocycles.